The summed E-state index contributed by atoms with van der Waals surface area (Å²) in [5.74, 6) is 0.417. The van der Waals surface area contributed by atoms with E-state index in [9.17, 15) is 9.59 Å². The minimum atomic E-state index is 0.0651. The quantitative estimate of drug-likeness (QED) is 0.725. The van der Waals surface area contributed by atoms with Crippen LogP contribution in [0.2, 0.25) is 0 Å². The molecule has 0 spiro atoms. The Kier molecular flexibility index (Phi) is 7.48. The Balaban J connectivity index is 1.24. The molecule has 3 aliphatic rings. The second-order valence-electron chi connectivity index (χ2n) is 9.36. The molecule has 2 heterocycles. The lowest BCUT2D eigenvalue weighted by Gasteiger charge is -2.33. The van der Waals surface area contributed by atoms with E-state index in [0.717, 1.165) is 63.7 Å². The molecule has 0 bridgehead atoms. The molecule has 1 saturated heterocycles. The van der Waals surface area contributed by atoms with Gasteiger partial charge in [0, 0.05) is 63.0 Å². The van der Waals surface area contributed by atoms with Gasteiger partial charge in [0.05, 0.1) is 5.69 Å². The Morgan fingerprint density at radius 3 is 2.58 bits per heavy atom. The van der Waals surface area contributed by atoms with Crippen LogP contribution in [0.3, 0.4) is 0 Å². The molecule has 7 nitrogen and oxygen atoms in total. The van der Waals surface area contributed by atoms with Crippen molar-refractivity contribution in [3.05, 3.63) is 10.6 Å². The number of hydrogen-bond acceptors (Lipinski definition) is 6. The Labute approximate surface area is 190 Å². The number of nitrogens with zero attached hydrogens (tertiary/aromatic N) is 4. The number of carbonyl (C=O) groups excluding carboxylic acids is 2. The highest BCUT2D eigenvalue weighted by Crippen LogP contribution is 2.34. The SMILES string of the molecule is CC(=O)N1CCN(c2nc3c(s2)C[C@H](C(=O)NCCN(C)C2CCCCC2)CC3)CC1. The zero-order chi connectivity index (χ0) is 21.8. The number of anilines is 1. The van der Waals surface area contributed by atoms with Crippen molar-refractivity contribution in [1.82, 2.24) is 20.1 Å². The van der Waals surface area contributed by atoms with Crippen LogP contribution in [0, 0.1) is 5.92 Å². The molecule has 2 fully saturated rings. The summed E-state index contributed by atoms with van der Waals surface area (Å²) in [6.07, 6.45) is 9.24. The number of aryl methyl sites for hydroxylation is 1. The van der Waals surface area contributed by atoms with E-state index >= 15 is 0 Å². The third kappa shape index (κ3) is 5.58. The summed E-state index contributed by atoms with van der Waals surface area (Å²) in [5.41, 5.74) is 1.18. The van der Waals surface area contributed by atoms with Gasteiger partial charge in [-0.3, -0.25) is 9.59 Å². The van der Waals surface area contributed by atoms with E-state index in [2.05, 4.69) is 22.2 Å². The number of aromatic nitrogens is 1. The maximum atomic E-state index is 12.8. The van der Waals surface area contributed by atoms with Crippen LogP contribution in [-0.4, -0.2) is 79.0 Å². The summed E-state index contributed by atoms with van der Waals surface area (Å²) in [5, 5.41) is 4.25. The average Bonchev–Trinajstić information content (AvgIpc) is 3.23. The maximum absolute atomic E-state index is 12.8. The number of amides is 2. The molecule has 1 N–H and O–H groups in total. The van der Waals surface area contributed by atoms with Gasteiger partial charge in [-0.25, -0.2) is 4.98 Å². The summed E-state index contributed by atoms with van der Waals surface area (Å²) in [7, 11) is 2.20. The van der Waals surface area contributed by atoms with E-state index in [1.807, 2.05) is 4.90 Å². The Morgan fingerprint density at radius 1 is 1.13 bits per heavy atom. The van der Waals surface area contributed by atoms with Gasteiger partial charge < -0.3 is 20.0 Å². The fraction of sp³-hybridized carbons (Fsp3) is 0.783. The summed E-state index contributed by atoms with van der Waals surface area (Å²) in [6, 6.07) is 0.691. The van der Waals surface area contributed by atoms with Gasteiger partial charge in [-0.1, -0.05) is 19.3 Å². The molecule has 1 aromatic heterocycles. The lowest BCUT2D eigenvalue weighted by Crippen LogP contribution is -2.48. The van der Waals surface area contributed by atoms with E-state index in [4.69, 9.17) is 4.98 Å². The third-order valence-electron chi connectivity index (χ3n) is 7.26. The molecule has 31 heavy (non-hydrogen) atoms. The molecular formula is C23H37N5O2S. The molecule has 1 aromatic rings. The molecule has 172 valence electrons. The summed E-state index contributed by atoms with van der Waals surface area (Å²) >= 11 is 1.74. The number of thiazole rings is 1. The number of fused-ring (bicyclic) bond motifs is 1. The molecule has 2 aliphatic carbocycles. The highest BCUT2D eigenvalue weighted by atomic mass is 32.1. The van der Waals surface area contributed by atoms with Crippen LogP contribution in [0.15, 0.2) is 0 Å². The Hall–Kier alpha value is -1.67. The van der Waals surface area contributed by atoms with Crippen molar-refractivity contribution in [3.63, 3.8) is 0 Å². The van der Waals surface area contributed by atoms with E-state index in [0.29, 0.717) is 6.04 Å². The first-order chi connectivity index (χ1) is 15.0. The van der Waals surface area contributed by atoms with Crippen molar-refractivity contribution in [2.75, 3.05) is 51.2 Å². The van der Waals surface area contributed by atoms with Crippen LogP contribution in [0.1, 0.15) is 56.0 Å². The standard InChI is InChI=1S/C23H37N5O2S/c1-17(29)27-12-14-28(15-13-27)23-25-20-9-8-18(16-21(20)31-23)22(30)24-10-11-26(2)19-6-4-3-5-7-19/h18-19H,3-16H2,1-2H3,(H,24,30)/t18-/m1/s1. The summed E-state index contributed by atoms with van der Waals surface area (Å²) in [4.78, 5) is 37.1. The molecule has 0 unspecified atom stereocenters. The van der Waals surface area contributed by atoms with E-state index in [1.165, 1.54) is 42.7 Å². The maximum Gasteiger partial charge on any atom is 0.223 e. The molecule has 2 amide bonds. The van der Waals surface area contributed by atoms with Crippen molar-refractivity contribution in [1.29, 1.82) is 0 Å². The molecule has 0 aromatic carbocycles. The van der Waals surface area contributed by atoms with Crippen molar-refractivity contribution in [2.45, 2.75) is 64.3 Å². The largest absolute Gasteiger partial charge is 0.355 e. The molecular weight excluding hydrogens is 410 g/mol. The summed E-state index contributed by atoms with van der Waals surface area (Å²) < 4.78 is 0. The smallest absolute Gasteiger partial charge is 0.223 e. The lowest BCUT2D eigenvalue weighted by molar-refractivity contribution is -0.129. The minimum Gasteiger partial charge on any atom is -0.355 e. The topological polar surface area (TPSA) is 68.8 Å². The Bertz CT molecular complexity index is 768. The highest BCUT2D eigenvalue weighted by molar-refractivity contribution is 7.15. The van der Waals surface area contributed by atoms with Gasteiger partial charge in [0.1, 0.15) is 0 Å². The third-order valence-corrected chi connectivity index (χ3v) is 8.44. The predicted octanol–water partition coefficient (Wildman–Crippen LogP) is 2.30. The van der Waals surface area contributed by atoms with Crippen LogP contribution in [0.5, 0.6) is 0 Å². The van der Waals surface area contributed by atoms with E-state index in [-0.39, 0.29) is 17.7 Å². The lowest BCUT2D eigenvalue weighted by atomic mass is 9.90. The minimum absolute atomic E-state index is 0.0651. The van der Waals surface area contributed by atoms with Gasteiger partial charge in [-0.15, -0.1) is 11.3 Å². The van der Waals surface area contributed by atoms with Crippen LogP contribution in [-0.2, 0) is 22.4 Å². The molecule has 8 heteroatoms. The van der Waals surface area contributed by atoms with Crippen LogP contribution in [0.25, 0.3) is 0 Å². The van der Waals surface area contributed by atoms with Crippen LogP contribution in [0.4, 0.5) is 5.13 Å². The monoisotopic (exact) mass is 447 g/mol. The molecule has 4 rings (SSSR count). The first kappa shape index (κ1) is 22.5. The van der Waals surface area contributed by atoms with Gasteiger partial charge in [0.15, 0.2) is 5.13 Å². The summed E-state index contributed by atoms with van der Waals surface area (Å²) in [6.45, 7) is 6.51. The second kappa shape index (κ2) is 10.3. The van der Waals surface area contributed by atoms with Gasteiger partial charge in [0.2, 0.25) is 11.8 Å². The zero-order valence-electron chi connectivity index (χ0n) is 19.1. The zero-order valence-corrected chi connectivity index (χ0v) is 19.9. The fourth-order valence-corrected chi connectivity index (χ4v) is 6.38. The number of piperazine rings is 1. The number of likely N-dealkylation sites (N-methyl/N-ethyl adjacent to an activating group) is 1. The number of hydrogen-bond donors (Lipinski definition) is 1. The normalized spacial score (nSPS) is 22.5. The first-order valence-electron chi connectivity index (χ1n) is 12.0. The van der Waals surface area contributed by atoms with Crippen LogP contribution < -0.4 is 10.2 Å². The van der Waals surface area contributed by atoms with Crippen molar-refractivity contribution < 1.29 is 9.59 Å². The highest BCUT2D eigenvalue weighted by Gasteiger charge is 2.29. The first-order valence-corrected chi connectivity index (χ1v) is 12.8. The average molecular weight is 448 g/mol. The van der Waals surface area contributed by atoms with Crippen LogP contribution >= 0.6 is 11.3 Å². The molecule has 1 atom stereocenters. The fourth-order valence-electron chi connectivity index (χ4n) is 5.14. The number of rotatable bonds is 6. The van der Waals surface area contributed by atoms with Crippen molar-refractivity contribution >= 4 is 28.3 Å². The van der Waals surface area contributed by atoms with E-state index < -0.39 is 0 Å². The number of nitrogens with one attached hydrogen (secondary N) is 1. The van der Waals surface area contributed by atoms with E-state index in [1.54, 1.807) is 18.3 Å². The Morgan fingerprint density at radius 2 is 1.87 bits per heavy atom. The van der Waals surface area contributed by atoms with Crippen molar-refractivity contribution in [3.8, 4) is 0 Å². The van der Waals surface area contributed by atoms with Gasteiger partial charge in [0.25, 0.3) is 0 Å². The van der Waals surface area contributed by atoms with Crippen molar-refractivity contribution in [2.24, 2.45) is 5.92 Å². The predicted molar refractivity (Wildman–Crippen MR) is 125 cm³/mol. The van der Waals surface area contributed by atoms with Gasteiger partial charge in [-0.05, 0) is 39.2 Å². The van der Waals surface area contributed by atoms with Gasteiger partial charge in [-0.2, -0.15) is 0 Å². The number of carbonyl (C=O) groups is 2. The molecule has 1 aliphatic heterocycles. The second-order valence-corrected chi connectivity index (χ2v) is 10.4. The van der Waals surface area contributed by atoms with Gasteiger partial charge >= 0.3 is 0 Å². The molecule has 0 radical (unpaired) electrons. The molecule has 1 saturated carbocycles.